The van der Waals surface area contributed by atoms with Gasteiger partial charge < -0.3 is 14.9 Å². The summed E-state index contributed by atoms with van der Waals surface area (Å²) in [5.74, 6) is -0.907. The maximum Gasteiger partial charge on any atom is 0.335 e. The second-order valence-electron chi connectivity index (χ2n) is 6.81. The van der Waals surface area contributed by atoms with Crippen molar-refractivity contribution in [3.63, 3.8) is 0 Å². The number of likely N-dealkylation sites (tertiary alicyclic amines) is 1. The summed E-state index contributed by atoms with van der Waals surface area (Å²) in [5, 5.41) is 19.7. The molecule has 0 radical (unpaired) electrons. The number of carboxylic acids is 1. The first-order valence-corrected chi connectivity index (χ1v) is 7.53. The molecule has 1 saturated heterocycles. The predicted molar refractivity (Wildman–Crippen MR) is 83.9 cm³/mol. The summed E-state index contributed by atoms with van der Waals surface area (Å²) in [6, 6.07) is 6.97. The Morgan fingerprint density at radius 2 is 1.95 bits per heavy atom. The number of piperidine rings is 1. The van der Waals surface area contributed by atoms with Crippen molar-refractivity contribution in [3.8, 4) is 0 Å². The van der Waals surface area contributed by atoms with Gasteiger partial charge >= 0.3 is 5.97 Å². The largest absolute Gasteiger partial charge is 0.478 e. The van der Waals surface area contributed by atoms with Crippen LogP contribution in [-0.4, -0.2) is 53.5 Å². The van der Waals surface area contributed by atoms with Gasteiger partial charge in [-0.2, -0.15) is 0 Å². The zero-order valence-corrected chi connectivity index (χ0v) is 13.5. The van der Waals surface area contributed by atoms with Crippen LogP contribution >= 0.6 is 0 Å². The van der Waals surface area contributed by atoms with Gasteiger partial charge in [-0.3, -0.25) is 4.90 Å². The fourth-order valence-corrected chi connectivity index (χ4v) is 3.12. The zero-order valence-electron chi connectivity index (χ0n) is 13.5. The van der Waals surface area contributed by atoms with E-state index in [1.165, 1.54) is 0 Å². The summed E-state index contributed by atoms with van der Waals surface area (Å²) in [6.45, 7) is 6.79. The van der Waals surface area contributed by atoms with Crippen molar-refractivity contribution < 1.29 is 19.7 Å². The van der Waals surface area contributed by atoms with E-state index in [2.05, 4.69) is 18.7 Å². The second kappa shape index (κ2) is 6.36. The minimum atomic E-state index is -0.907. The minimum Gasteiger partial charge on any atom is -0.478 e. The summed E-state index contributed by atoms with van der Waals surface area (Å²) in [7, 11) is 1.62. The molecule has 5 nitrogen and oxygen atoms in total. The Balaban J connectivity index is 2.02. The van der Waals surface area contributed by atoms with Crippen molar-refractivity contribution >= 4 is 5.97 Å². The van der Waals surface area contributed by atoms with Crippen LogP contribution in [0, 0.1) is 5.41 Å². The van der Waals surface area contributed by atoms with Gasteiger partial charge in [0.05, 0.1) is 17.8 Å². The van der Waals surface area contributed by atoms with E-state index in [-0.39, 0.29) is 5.41 Å². The fraction of sp³-hybridized carbons (Fsp3) is 0.588. The molecule has 2 rings (SSSR count). The number of benzene rings is 1. The molecule has 1 fully saturated rings. The molecule has 122 valence electrons. The molecule has 0 unspecified atom stereocenters. The van der Waals surface area contributed by atoms with Crippen LogP contribution in [0.25, 0.3) is 0 Å². The highest BCUT2D eigenvalue weighted by Gasteiger charge is 2.47. The lowest BCUT2D eigenvalue weighted by Gasteiger charge is -2.50. The van der Waals surface area contributed by atoms with Crippen LogP contribution < -0.4 is 0 Å². The molecule has 2 N–H and O–H groups in total. The van der Waals surface area contributed by atoms with Crippen molar-refractivity contribution in [2.75, 3.05) is 26.8 Å². The number of carbonyl (C=O) groups is 1. The molecule has 0 aliphatic carbocycles. The highest BCUT2D eigenvalue weighted by Crippen LogP contribution is 2.39. The molecule has 22 heavy (non-hydrogen) atoms. The van der Waals surface area contributed by atoms with Gasteiger partial charge in [0.15, 0.2) is 0 Å². The fourth-order valence-electron chi connectivity index (χ4n) is 3.12. The van der Waals surface area contributed by atoms with Crippen molar-refractivity contribution in [1.82, 2.24) is 4.90 Å². The molecule has 0 spiro atoms. The first-order chi connectivity index (χ1) is 10.3. The number of ether oxygens (including phenoxy) is 1. The molecular formula is C17H25NO4. The Morgan fingerprint density at radius 1 is 1.32 bits per heavy atom. The molecule has 1 atom stereocenters. The van der Waals surface area contributed by atoms with Crippen LogP contribution in [-0.2, 0) is 11.3 Å². The number of carboxylic acid groups (broad SMARTS) is 1. The normalized spacial score (nSPS) is 25.1. The van der Waals surface area contributed by atoms with Gasteiger partial charge in [0.25, 0.3) is 0 Å². The molecule has 0 amide bonds. The third-order valence-electron chi connectivity index (χ3n) is 4.71. The number of aromatic carboxylic acids is 1. The van der Waals surface area contributed by atoms with E-state index < -0.39 is 11.6 Å². The van der Waals surface area contributed by atoms with Gasteiger partial charge in [-0.15, -0.1) is 0 Å². The third kappa shape index (κ3) is 3.48. The topological polar surface area (TPSA) is 70.0 Å². The number of methoxy groups -OCH3 is 1. The predicted octanol–water partition coefficient (Wildman–Crippen LogP) is 1.99. The van der Waals surface area contributed by atoms with E-state index >= 15 is 0 Å². The smallest absolute Gasteiger partial charge is 0.335 e. The van der Waals surface area contributed by atoms with Crippen molar-refractivity contribution in [3.05, 3.63) is 35.4 Å². The molecule has 1 aliphatic heterocycles. The van der Waals surface area contributed by atoms with Gasteiger partial charge in [-0.1, -0.05) is 26.0 Å². The maximum absolute atomic E-state index is 10.9. The average molecular weight is 307 g/mol. The Bertz CT molecular complexity index is 526. The Hall–Kier alpha value is -1.43. The average Bonchev–Trinajstić information content (AvgIpc) is 2.44. The van der Waals surface area contributed by atoms with Crippen LogP contribution in [0.3, 0.4) is 0 Å². The van der Waals surface area contributed by atoms with Crippen molar-refractivity contribution in [2.45, 2.75) is 32.4 Å². The Kier molecular flexibility index (Phi) is 4.90. The van der Waals surface area contributed by atoms with E-state index in [9.17, 15) is 9.90 Å². The number of aliphatic hydroxyl groups is 1. The molecule has 0 aromatic heterocycles. The van der Waals surface area contributed by atoms with E-state index in [1.54, 1.807) is 19.2 Å². The van der Waals surface area contributed by atoms with Gasteiger partial charge in [0, 0.05) is 32.2 Å². The van der Waals surface area contributed by atoms with E-state index in [0.717, 1.165) is 25.2 Å². The number of hydrogen-bond donors (Lipinski definition) is 2. The summed E-state index contributed by atoms with van der Waals surface area (Å²) in [6.07, 6.45) is 0.668. The molecule has 1 aromatic carbocycles. The first-order valence-electron chi connectivity index (χ1n) is 7.53. The van der Waals surface area contributed by atoms with Crippen LogP contribution in [0.2, 0.25) is 0 Å². The summed E-state index contributed by atoms with van der Waals surface area (Å²) in [4.78, 5) is 13.2. The first kappa shape index (κ1) is 16.9. The molecule has 1 heterocycles. The summed E-state index contributed by atoms with van der Waals surface area (Å²) in [5.41, 5.74) is 0.323. The van der Waals surface area contributed by atoms with E-state index in [4.69, 9.17) is 9.84 Å². The standard InChI is InChI=1S/C17H25NO4/c1-16(2)11-18(9-8-17(16,21)12-22-3)10-13-4-6-14(7-5-13)15(19)20/h4-7,21H,8-12H2,1-3H3,(H,19,20)/t17-/m1/s1. The molecule has 0 saturated carbocycles. The monoisotopic (exact) mass is 307 g/mol. The van der Waals surface area contributed by atoms with Gasteiger partial charge in [-0.05, 0) is 24.1 Å². The highest BCUT2D eigenvalue weighted by atomic mass is 16.5. The number of hydrogen-bond acceptors (Lipinski definition) is 4. The quantitative estimate of drug-likeness (QED) is 0.870. The van der Waals surface area contributed by atoms with E-state index in [0.29, 0.717) is 18.6 Å². The van der Waals surface area contributed by atoms with Gasteiger partial charge in [0.2, 0.25) is 0 Å². The molecule has 1 aromatic rings. The van der Waals surface area contributed by atoms with Crippen LogP contribution in [0.1, 0.15) is 36.2 Å². The van der Waals surface area contributed by atoms with Gasteiger partial charge in [0.1, 0.15) is 0 Å². The Labute approximate surface area is 131 Å². The van der Waals surface area contributed by atoms with Crippen molar-refractivity contribution in [2.24, 2.45) is 5.41 Å². The lowest BCUT2D eigenvalue weighted by Crippen LogP contribution is -2.59. The van der Waals surface area contributed by atoms with Crippen LogP contribution in [0.15, 0.2) is 24.3 Å². The zero-order chi connectivity index (χ0) is 16.4. The lowest BCUT2D eigenvalue weighted by atomic mass is 9.70. The SMILES string of the molecule is COC[C@]1(O)CCN(Cc2ccc(C(=O)O)cc2)CC1(C)C. The highest BCUT2D eigenvalue weighted by molar-refractivity contribution is 5.87. The molecule has 1 aliphatic rings. The summed E-state index contributed by atoms with van der Waals surface area (Å²) >= 11 is 0. The maximum atomic E-state index is 10.9. The lowest BCUT2D eigenvalue weighted by molar-refractivity contribution is -0.151. The summed E-state index contributed by atoms with van der Waals surface area (Å²) < 4.78 is 5.18. The van der Waals surface area contributed by atoms with E-state index in [1.807, 2.05) is 12.1 Å². The molecule has 0 bridgehead atoms. The van der Waals surface area contributed by atoms with Gasteiger partial charge in [-0.25, -0.2) is 4.79 Å². The molecular weight excluding hydrogens is 282 g/mol. The number of rotatable bonds is 5. The van der Waals surface area contributed by atoms with Crippen LogP contribution in [0.5, 0.6) is 0 Å². The van der Waals surface area contributed by atoms with Crippen LogP contribution in [0.4, 0.5) is 0 Å². The number of nitrogens with zero attached hydrogens (tertiary/aromatic N) is 1. The minimum absolute atomic E-state index is 0.262. The molecule has 5 heteroatoms. The third-order valence-corrected chi connectivity index (χ3v) is 4.71. The second-order valence-corrected chi connectivity index (χ2v) is 6.81. The van der Waals surface area contributed by atoms with Crippen molar-refractivity contribution in [1.29, 1.82) is 0 Å². The Morgan fingerprint density at radius 3 is 2.45 bits per heavy atom.